The summed E-state index contributed by atoms with van der Waals surface area (Å²) in [6.45, 7) is 9.45. The minimum Gasteiger partial charge on any atom is -0.479 e. The van der Waals surface area contributed by atoms with Crippen molar-refractivity contribution in [1.29, 1.82) is 0 Å². The number of hydrogen-bond acceptors (Lipinski definition) is 8. The molecule has 1 aliphatic heterocycles. The van der Waals surface area contributed by atoms with Gasteiger partial charge in [-0.1, -0.05) is 37.0 Å². The molecule has 0 bridgehead atoms. The van der Waals surface area contributed by atoms with Crippen molar-refractivity contribution in [2.24, 2.45) is 5.92 Å². The van der Waals surface area contributed by atoms with Crippen LogP contribution in [-0.2, 0) is 11.2 Å². The van der Waals surface area contributed by atoms with Gasteiger partial charge in [-0.3, -0.25) is 9.59 Å². The van der Waals surface area contributed by atoms with E-state index in [1.54, 1.807) is 6.07 Å². The molecule has 1 saturated heterocycles. The number of ether oxygens (including phenoxy) is 3. The predicted molar refractivity (Wildman–Crippen MR) is 145 cm³/mol. The molecule has 2 amide bonds. The number of hydrogen-bond donors (Lipinski definition) is 2. The minimum absolute atomic E-state index is 0.0411. The molecular formula is C27H34N4O6Si. The molecule has 3 heterocycles. The summed E-state index contributed by atoms with van der Waals surface area (Å²) in [7, 11) is 1.36. The van der Waals surface area contributed by atoms with Crippen molar-refractivity contribution in [1.82, 2.24) is 15.3 Å². The van der Waals surface area contributed by atoms with Gasteiger partial charge in [0.05, 0.1) is 22.3 Å². The van der Waals surface area contributed by atoms with E-state index in [1.807, 2.05) is 19.1 Å². The van der Waals surface area contributed by atoms with Crippen LogP contribution in [0.3, 0.4) is 0 Å². The van der Waals surface area contributed by atoms with Crippen LogP contribution in [0.1, 0.15) is 34.8 Å². The van der Waals surface area contributed by atoms with Crippen LogP contribution in [0, 0.1) is 12.8 Å². The van der Waals surface area contributed by atoms with Crippen LogP contribution in [0.4, 0.5) is 5.69 Å². The zero-order chi connectivity index (χ0) is 27.4. The Labute approximate surface area is 223 Å². The standard InChI is InChI=1S/C27H34N4O6Si/c1-16-7-9-18(38(4,5)6)15-20(16)37-22-12-10-19(36-22)25(33)31-23-26(34-2)29-21(30-27(23)35-3)11-8-17-13-14-28-24(17)32/h7,9-10,12,15,17H,8,11,13-14H2,1-6H3,(H,28,32)(H,31,33). The van der Waals surface area contributed by atoms with Gasteiger partial charge in [-0.15, -0.1) is 0 Å². The van der Waals surface area contributed by atoms with Crippen molar-refractivity contribution in [2.45, 2.75) is 45.8 Å². The number of nitrogens with one attached hydrogen (secondary N) is 2. The molecule has 1 unspecified atom stereocenters. The summed E-state index contributed by atoms with van der Waals surface area (Å²) >= 11 is 0. The molecule has 1 aliphatic rings. The molecule has 4 rings (SSSR count). The van der Waals surface area contributed by atoms with Crippen molar-refractivity contribution < 1.29 is 28.2 Å². The van der Waals surface area contributed by atoms with E-state index in [0.717, 1.165) is 12.0 Å². The number of nitrogens with zero attached hydrogens (tertiary/aromatic N) is 2. The maximum Gasteiger partial charge on any atom is 0.291 e. The van der Waals surface area contributed by atoms with E-state index in [1.165, 1.54) is 25.5 Å². The molecule has 0 radical (unpaired) electrons. The van der Waals surface area contributed by atoms with E-state index in [4.69, 9.17) is 18.6 Å². The molecule has 1 fully saturated rings. The highest BCUT2D eigenvalue weighted by molar-refractivity contribution is 6.88. The third-order valence-corrected chi connectivity index (χ3v) is 8.51. The van der Waals surface area contributed by atoms with Gasteiger partial charge < -0.3 is 29.3 Å². The number of benzene rings is 1. The molecule has 0 spiro atoms. The Bertz CT molecular complexity index is 1310. The summed E-state index contributed by atoms with van der Waals surface area (Å²) in [4.78, 5) is 33.7. The van der Waals surface area contributed by atoms with E-state index in [2.05, 4.69) is 46.3 Å². The van der Waals surface area contributed by atoms with Crippen molar-refractivity contribution in [3.63, 3.8) is 0 Å². The quantitative estimate of drug-likeness (QED) is 0.371. The second kappa shape index (κ2) is 11.3. The Hall–Kier alpha value is -3.86. The van der Waals surface area contributed by atoms with Gasteiger partial charge in [-0.25, -0.2) is 0 Å². The number of aromatic nitrogens is 2. The van der Waals surface area contributed by atoms with E-state index in [0.29, 0.717) is 31.0 Å². The molecule has 0 aliphatic carbocycles. The summed E-state index contributed by atoms with van der Waals surface area (Å²) in [5.41, 5.74) is 1.15. The molecule has 202 valence electrons. The van der Waals surface area contributed by atoms with E-state index in [-0.39, 0.29) is 41.0 Å². The first-order valence-electron chi connectivity index (χ1n) is 12.6. The zero-order valence-corrected chi connectivity index (χ0v) is 23.6. The summed E-state index contributed by atoms with van der Waals surface area (Å²) < 4.78 is 22.5. The lowest BCUT2D eigenvalue weighted by Crippen LogP contribution is -2.37. The normalized spacial score (nSPS) is 15.2. The second-order valence-corrected chi connectivity index (χ2v) is 15.3. The highest BCUT2D eigenvalue weighted by atomic mass is 28.3. The predicted octanol–water partition coefficient (Wildman–Crippen LogP) is 4.05. The van der Waals surface area contributed by atoms with Gasteiger partial charge in [0.1, 0.15) is 11.6 Å². The lowest BCUT2D eigenvalue weighted by molar-refractivity contribution is -0.122. The summed E-state index contributed by atoms with van der Waals surface area (Å²) in [5.74, 6) is 1.14. The van der Waals surface area contributed by atoms with Crippen LogP contribution in [-0.4, -0.2) is 50.6 Å². The topological polar surface area (TPSA) is 125 Å². The molecular weight excluding hydrogens is 504 g/mol. The molecule has 38 heavy (non-hydrogen) atoms. The van der Waals surface area contributed by atoms with E-state index < -0.39 is 14.0 Å². The van der Waals surface area contributed by atoms with Gasteiger partial charge in [-0.2, -0.15) is 9.97 Å². The SMILES string of the molecule is COc1nc(CCC2CCNC2=O)nc(OC)c1NC(=O)c1ccc(Oc2cc([Si](C)(C)C)ccc2C)o1. The number of methoxy groups -OCH3 is 2. The molecule has 2 aromatic heterocycles. The van der Waals surface area contributed by atoms with Gasteiger partial charge in [0.15, 0.2) is 11.4 Å². The number of furan rings is 1. The highest BCUT2D eigenvalue weighted by Gasteiger charge is 2.26. The number of amides is 2. The fourth-order valence-electron chi connectivity index (χ4n) is 4.16. The van der Waals surface area contributed by atoms with E-state index >= 15 is 0 Å². The zero-order valence-electron chi connectivity index (χ0n) is 22.6. The van der Waals surface area contributed by atoms with Gasteiger partial charge in [0, 0.05) is 24.9 Å². The van der Waals surface area contributed by atoms with Gasteiger partial charge in [0.2, 0.25) is 17.7 Å². The Balaban J connectivity index is 1.48. The largest absolute Gasteiger partial charge is 0.479 e. The average molecular weight is 539 g/mol. The van der Waals surface area contributed by atoms with Gasteiger partial charge in [-0.05, 0) is 37.5 Å². The molecule has 1 atom stereocenters. The van der Waals surface area contributed by atoms with E-state index in [9.17, 15) is 9.59 Å². The molecule has 0 saturated carbocycles. The number of carbonyl (C=O) groups is 2. The fourth-order valence-corrected chi connectivity index (χ4v) is 5.31. The Morgan fingerprint density at radius 1 is 1.13 bits per heavy atom. The lowest BCUT2D eigenvalue weighted by atomic mass is 10.0. The number of aryl methyl sites for hydroxylation is 2. The Kier molecular flexibility index (Phi) is 8.05. The van der Waals surface area contributed by atoms with Crippen LogP contribution in [0.5, 0.6) is 23.5 Å². The third kappa shape index (κ3) is 6.16. The first-order chi connectivity index (χ1) is 18.1. The van der Waals surface area contributed by atoms with Crippen molar-refractivity contribution >= 4 is 30.8 Å². The summed E-state index contributed by atoms with van der Waals surface area (Å²) in [5, 5.41) is 6.82. The average Bonchev–Trinajstić information content (AvgIpc) is 3.52. The molecule has 3 aromatic rings. The molecule has 2 N–H and O–H groups in total. The number of rotatable bonds is 10. The van der Waals surface area contributed by atoms with Crippen LogP contribution in [0.15, 0.2) is 34.7 Å². The Morgan fingerprint density at radius 2 is 1.84 bits per heavy atom. The monoisotopic (exact) mass is 538 g/mol. The minimum atomic E-state index is -1.53. The lowest BCUT2D eigenvalue weighted by Gasteiger charge is -2.18. The molecule has 10 nitrogen and oxygen atoms in total. The summed E-state index contributed by atoms with van der Waals surface area (Å²) in [6, 6.07) is 9.34. The smallest absolute Gasteiger partial charge is 0.291 e. The first-order valence-corrected chi connectivity index (χ1v) is 16.1. The summed E-state index contributed by atoms with van der Waals surface area (Å²) in [6.07, 6.45) is 1.87. The van der Waals surface area contributed by atoms with Crippen LogP contribution in [0.2, 0.25) is 19.6 Å². The Morgan fingerprint density at radius 3 is 2.45 bits per heavy atom. The van der Waals surface area contributed by atoms with Crippen LogP contribution < -0.4 is 30.0 Å². The van der Waals surface area contributed by atoms with Crippen molar-refractivity contribution in [3.05, 3.63) is 47.5 Å². The van der Waals surface area contributed by atoms with Crippen molar-refractivity contribution in [3.8, 4) is 23.5 Å². The number of carbonyl (C=O) groups excluding carboxylic acids is 2. The second-order valence-electron chi connectivity index (χ2n) is 10.3. The maximum absolute atomic E-state index is 13.0. The highest BCUT2D eigenvalue weighted by Crippen LogP contribution is 2.33. The maximum atomic E-state index is 13.0. The van der Waals surface area contributed by atoms with Crippen LogP contribution in [0.25, 0.3) is 0 Å². The van der Waals surface area contributed by atoms with Gasteiger partial charge in [0.25, 0.3) is 11.9 Å². The van der Waals surface area contributed by atoms with Crippen molar-refractivity contribution in [2.75, 3.05) is 26.1 Å². The molecule has 11 heteroatoms. The fraction of sp³-hybridized carbons (Fsp3) is 0.407. The third-order valence-electron chi connectivity index (χ3n) is 6.46. The molecule has 1 aromatic carbocycles. The van der Waals surface area contributed by atoms with Crippen LogP contribution >= 0.6 is 0 Å². The van der Waals surface area contributed by atoms with Gasteiger partial charge >= 0.3 is 0 Å². The number of anilines is 1. The first kappa shape index (κ1) is 27.2.